The van der Waals surface area contributed by atoms with Crippen LogP contribution in [-0.4, -0.2) is 13.4 Å². The van der Waals surface area contributed by atoms with Gasteiger partial charge in [0, 0.05) is 5.56 Å². The molecule has 1 rings (SSSR count). The monoisotopic (exact) mass is 264 g/mol. The fourth-order valence-electron chi connectivity index (χ4n) is 1.99. The van der Waals surface area contributed by atoms with Crippen molar-refractivity contribution in [1.29, 1.82) is 0 Å². The number of rotatable bonds is 3. The van der Waals surface area contributed by atoms with Gasteiger partial charge in [0.15, 0.2) is 0 Å². The van der Waals surface area contributed by atoms with E-state index >= 15 is 0 Å². The van der Waals surface area contributed by atoms with E-state index in [0.29, 0.717) is 5.92 Å². The first-order valence-electron chi connectivity index (χ1n) is 6.98. The number of benzene rings is 1. The second-order valence-electron chi connectivity index (χ2n) is 5.70. The summed E-state index contributed by atoms with van der Waals surface area (Å²) in [5.41, 5.74) is 2.92. The Morgan fingerprint density at radius 2 is 1.68 bits per heavy atom. The molecule has 0 saturated heterocycles. The Labute approximate surface area is 118 Å². The fourth-order valence-corrected chi connectivity index (χ4v) is 1.99. The minimum atomic E-state index is -0.0356. The van der Waals surface area contributed by atoms with E-state index < -0.39 is 0 Å². The van der Waals surface area contributed by atoms with E-state index in [1.165, 1.54) is 0 Å². The van der Waals surface area contributed by atoms with Crippen molar-refractivity contribution < 1.29 is 9.53 Å². The Morgan fingerprint density at radius 3 is 2.00 bits per heavy atom. The van der Waals surface area contributed by atoms with Crippen LogP contribution < -0.4 is 4.74 Å². The summed E-state index contributed by atoms with van der Waals surface area (Å²) in [6, 6.07) is 3.95. The molecule has 0 fully saturated rings. The molecule has 0 aliphatic heterocycles. The summed E-state index contributed by atoms with van der Waals surface area (Å²) in [7, 11) is 1.65. The maximum absolute atomic E-state index is 11.2. The van der Waals surface area contributed by atoms with Crippen molar-refractivity contribution in [3.63, 3.8) is 0 Å². The maximum Gasteiger partial charge on any atom is 0.150 e. The Balaban J connectivity index is 0.00000154. The van der Waals surface area contributed by atoms with Crippen molar-refractivity contribution in [1.82, 2.24) is 0 Å². The van der Waals surface area contributed by atoms with Gasteiger partial charge in [-0.25, -0.2) is 0 Å². The Bertz CT molecular complexity index is 412. The van der Waals surface area contributed by atoms with Gasteiger partial charge in [-0.2, -0.15) is 0 Å². The third kappa shape index (κ3) is 4.38. The molecule has 0 bridgehead atoms. The van der Waals surface area contributed by atoms with Crippen LogP contribution in [0.25, 0.3) is 0 Å². The highest BCUT2D eigenvalue weighted by Crippen LogP contribution is 2.34. The second kappa shape index (κ2) is 7.32. The molecular formula is C17H28O2. The van der Waals surface area contributed by atoms with Crippen LogP contribution in [0.1, 0.15) is 75.9 Å². The van der Waals surface area contributed by atoms with E-state index in [4.69, 9.17) is 4.74 Å². The zero-order valence-corrected chi connectivity index (χ0v) is 13.6. The number of aldehydes is 1. The molecule has 0 unspecified atom stereocenters. The first kappa shape index (κ1) is 17.7. The van der Waals surface area contributed by atoms with Gasteiger partial charge in [-0.3, -0.25) is 4.79 Å². The smallest absolute Gasteiger partial charge is 0.150 e. The van der Waals surface area contributed by atoms with Crippen molar-refractivity contribution in [3.05, 3.63) is 28.8 Å². The van der Waals surface area contributed by atoms with Crippen LogP contribution in [0.5, 0.6) is 5.75 Å². The van der Waals surface area contributed by atoms with E-state index in [2.05, 4.69) is 40.7 Å². The van der Waals surface area contributed by atoms with Crippen molar-refractivity contribution in [2.24, 2.45) is 0 Å². The number of methoxy groups -OCH3 is 1. The highest BCUT2D eigenvalue weighted by Gasteiger charge is 2.21. The normalized spacial score (nSPS) is 10.8. The van der Waals surface area contributed by atoms with E-state index in [1.54, 1.807) is 7.11 Å². The van der Waals surface area contributed by atoms with Gasteiger partial charge in [0.05, 0.1) is 7.11 Å². The van der Waals surface area contributed by atoms with E-state index in [1.807, 2.05) is 19.9 Å². The molecule has 1 aromatic carbocycles. The van der Waals surface area contributed by atoms with Crippen LogP contribution in [0.15, 0.2) is 12.1 Å². The molecule has 19 heavy (non-hydrogen) atoms. The van der Waals surface area contributed by atoms with E-state index in [0.717, 1.165) is 28.7 Å². The highest BCUT2D eigenvalue weighted by atomic mass is 16.5. The molecule has 0 radical (unpaired) electrons. The van der Waals surface area contributed by atoms with E-state index in [-0.39, 0.29) is 5.41 Å². The number of carbonyl (C=O) groups is 1. The average molecular weight is 264 g/mol. The molecule has 0 spiro atoms. The number of carbonyl (C=O) groups excluding carboxylic acids is 1. The van der Waals surface area contributed by atoms with Gasteiger partial charge in [0.25, 0.3) is 0 Å². The third-order valence-corrected chi connectivity index (χ3v) is 2.96. The molecule has 2 nitrogen and oxygen atoms in total. The summed E-state index contributed by atoms with van der Waals surface area (Å²) in [5, 5.41) is 0. The molecule has 0 saturated carbocycles. The topological polar surface area (TPSA) is 26.3 Å². The van der Waals surface area contributed by atoms with Gasteiger partial charge < -0.3 is 4.74 Å². The maximum atomic E-state index is 11.2. The van der Waals surface area contributed by atoms with Gasteiger partial charge in [-0.15, -0.1) is 0 Å². The second-order valence-corrected chi connectivity index (χ2v) is 5.70. The number of hydrogen-bond donors (Lipinski definition) is 0. The highest BCUT2D eigenvalue weighted by molar-refractivity contribution is 5.79. The third-order valence-electron chi connectivity index (χ3n) is 2.96. The summed E-state index contributed by atoms with van der Waals surface area (Å²) >= 11 is 0. The minimum absolute atomic E-state index is 0.0356. The Hall–Kier alpha value is -1.31. The van der Waals surface area contributed by atoms with Crippen LogP contribution in [-0.2, 0) is 5.41 Å². The van der Waals surface area contributed by atoms with Gasteiger partial charge in [0.2, 0.25) is 0 Å². The largest absolute Gasteiger partial charge is 0.496 e. The number of hydrogen-bond acceptors (Lipinski definition) is 2. The lowest BCUT2D eigenvalue weighted by Gasteiger charge is -2.24. The summed E-state index contributed by atoms with van der Waals surface area (Å²) in [6.45, 7) is 14.6. The Kier molecular flexibility index (Phi) is 6.82. The van der Waals surface area contributed by atoms with Crippen molar-refractivity contribution >= 4 is 6.29 Å². The zero-order valence-electron chi connectivity index (χ0n) is 13.6. The molecule has 0 amide bonds. The lowest BCUT2D eigenvalue weighted by molar-refractivity contribution is 0.112. The lowest BCUT2D eigenvalue weighted by Crippen LogP contribution is -2.15. The van der Waals surface area contributed by atoms with Crippen LogP contribution in [0.2, 0.25) is 0 Å². The molecule has 2 heteroatoms. The quantitative estimate of drug-likeness (QED) is 0.722. The SMILES string of the molecule is CC.COc1cc(C=O)c(C(C)(C)C)cc1C(C)C. The van der Waals surface area contributed by atoms with Crippen molar-refractivity contribution in [3.8, 4) is 5.75 Å². The lowest BCUT2D eigenvalue weighted by atomic mass is 9.81. The first-order valence-corrected chi connectivity index (χ1v) is 6.98. The summed E-state index contributed by atoms with van der Waals surface area (Å²) < 4.78 is 5.36. The molecule has 0 atom stereocenters. The molecule has 108 valence electrons. The standard InChI is InChI=1S/C15H22O2.C2H6/c1-10(2)12-8-13(15(3,4)5)11(9-16)7-14(12)17-6;1-2/h7-10H,1-6H3;1-2H3. The molecular weight excluding hydrogens is 236 g/mol. The number of ether oxygens (including phenoxy) is 1. The van der Waals surface area contributed by atoms with Gasteiger partial charge in [0.1, 0.15) is 12.0 Å². The zero-order chi connectivity index (χ0) is 15.2. The molecule has 1 aromatic rings. The fraction of sp³-hybridized carbons (Fsp3) is 0.588. The van der Waals surface area contributed by atoms with Gasteiger partial charge in [-0.1, -0.05) is 54.5 Å². The van der Waals surface area contributed by atoms with Crippen LogP contribution in [0.3, 0.4) is 0 Å². The van der Waals surface area contributed by atoms with Crippen molar-refractivity contribution in [2.45, 2.75) is 59.8 Å². The van der Waals surface area contributed by atoms with Crippen LogP contribution >= 0.6 is 0 Å². The first-order chi connectivity index (χ1) is 8.81. The van der Waals surface area contributed by atoms with Crippen LogP contribution in [0, 0.1) is 0 Å². The molecule has 0 heterocycles. The molecule has 0 N–H and O–H groups in total. The molecule has 0 aliphatic rings. The predicted molar refractivity (Wildman–Crippen MR) is 82.5 cm³/mol. The van der Waals surface area contributed by atoms with Gasteiger partial charge >= 0.3 is 0 Å². The molecule has 0 aromatic heterocycles. The minimum Gasteiger partial charge on any atom is -0.496 e. The summed E-state index contributed by atoms with van der Waals surface area (Å²) in [6.07, 6.45) is 0.910. The summed E-state index contributed by atoms with van der Waals surface area (Å²) in [5.74, 6) is 1.18. The van der Waals surface area contributed by atoms with Crippen LogP contribution in [0.4, 0.5) is 0 Å². The predicted octanol–water partition coefficient (Wildman–Crippen LogP) is 4.95. The molecule has 0 aliphatic carbocycles. The van der Waals surface area contributed by atoms with Crippen molar-refractivity contribution in [2.75, 3.05) is 7.11 Å². The van der Waals surface area contributed by atoms with E-state index in [9.17, 15) is 4.79 Å². The average Bonchev–Trinajstić information content (AvgIpc) is 2.38. The summed E-state index contributed by atoms with van der Waals surface area (Å²) in [4.78, 5) is 11.2. The van der Waals surface area contributed by atoms with Gasteiger partial charge in [-0.05, 0) is 28.5 Å². The Morgan fingerprint density at radius 1 is 1.16 bits per heavy atom.